The molecule has 0 aromatic heterocycles. The first-order chi connectivity index (χ1) is 13.0. The molecule has 1 aliphatic carbocycles. The second-order valence-electron chi connectivity index (χ2n) is 6.97. The zero-order chi connectivity index (χ0) is 19.3. The number of halogens is 1. The fraction of sp³-hybridized carbons (Fsp3) is 0.526. The largest absolute Gasteiger partial charge is 0.355 e. The summed E-state index contributed by atoms with van der Waals surface area (Å²) in [6.07, 6.45) is 7.79. The lowest BCUT2D eigenvalue weighted by atomic mass is 9.97. The molecule has 1 N–H and O–H groups in total. The number of allylic oxidation sites excluding steroid dienone is 1. The lowest BCUT2D eigenvalue weighted by Gasteiger charge is -2.19. The van der Waals surface area contributed by atoms with Gasteiger partial charge in [0.05, 0.1) is 6.54 Å². The second kappa shape index (κ2) is 9.19. The number of carbonyl (C=O) groups excluding carboxylic acids is 1. The van der Waals surface area contributed by atoms with Crippen LogP contribution in [0, 0.1) is 0 Å². The number of hydrogen-bond donors (Lipinski definition) is 1. The van der Waals surface area contributed by atoms with E-state index in [1.165, 1.54) is 27.0 Å². The van der Waals surface area contributed by atoms with E-state index in [-0.39, 0.29) is 19.0 Å². The molecule has 148 valence electrons. The first-order valence-corrected chi connectivity index (χ1v) is 11.2. The van der Waals surface area contributed by atoms with Crippen molar-refractivity contribution >= 4 is 27.7 Å². The Kier molecular flexibility index (Phi) is 6.92. The van der Waals surface area contributed by atoms with Gasteiger partial charge < -0.3 is 5.32 Å². The van der Waals surface area contributed by atoms with E-state index in [1.807, 2.05) is 18.2 Å². The molecule has 1 saturated heterocycles. The van der Waals surface area contributed by atoms with Crippen LogP contribution in [-0.4, -0.2) is 49.1 Å². The van der Waals surface area contributed by atoms with Crippen LogP contribution in [0.25, 0.3) is 0 Å². The molecular weight excluding hydrogens is 386 g/mol. The van der Waals surface area contributed by atoms with Crippen molar-refractivity contribution in [3.8, 4) is 0 Å². The number of hydrogen-bond acceptors (Lipinski definition) is 3. The van der Waals surface area contributed by atoms with Gasteiger partial charge in [0.25, 0.3) is 10.2 Å². The molecule has 1 heterocycles. The number of amides is 1. The van der Waals surface area contributed by atoms with Crippen LogP contribution in [0.2, 0.25) is 5.02 Å². The van der Waals surface area contributed by atoms with Crippen LogP contribution in [0.3, 0.4) is 0 Å². The third-order valence-electron chi connectivity index (χ3n) is 5.03. The molecular formula is C19H26ClN3O3S. The van der Waals surface area contributed by atoms with Gasteiger partial charge in [0, 0.05) is 31.2 Å². The number of nitrogens with zero attached hydrogens (tertiary/aromatic N) is 2. The Hall–Kier alpha value is -1.41. The lowest BCUT2D eigenvalue weighted by Crippen LogP contribution is -2.40. The lowest BCUT2D eigenvalue weighted by molar-refractivity contribution is -0.121. The third-order valence-corrected chi connectivity index (χ3v) is 7.33. The van der Waals surface area contributed by atoms with Gasteiger partial charge in [0.2, 0.25) is 5.91 Å². The fourth-order valence-corrected chi connectivity index (χ4v) is 5.19. The number of carbonyl (C=O) groups is 1. The summed E-state index contributed by atoms with van der Waals surface area (Å²) in [4.78, 5) is 12.2. The maximum absolute atomic E-state index is 12.7. The van der Waals surface area contributed by atoms with Crippen LogP contribution in [0.4, 0.5) is 0 Å². The number of rotatable bonds is 7. The molecule has 1 aromatic rings. The van der Waals surface area contributed by atoms with Crippen LogP contribution in [0.5, 0.6) is 0 Å². The Morgan fingerprint density at radius 1 is 1.15 bits per heavy atom. The first kappa shape index (κ1) is 20.3. The van der Waals surface area contributed by atoms with Crippen LogP contribution >= 0.6 is 11.6 Å². The monoisotopic (exact) mass is 411 g/mol. The molecule has 0 radical (unpaired) electrons. The summed E-state index contributed by atoms with van der Waals surface area (Å²) in [6.45, 7) is 1.30. The summed E-state index contributed by atoms with van der Waals surface area (Å²) in [5.41, 5.74) is 2.15. The normalized spacial score (nSPS) is 20.4. The summed E-state index contributed by atoms with van der Waals surface area (Å²) < 4.78 is 28.0. The van der Waals surface area contributed by atoms with Gasteiger partial charge in [-0.15, -0.1) is 0 Å². The summed E-state index contributed by atoms with van der Waals surface area (Å²) in [5, 5.41) is 3.39. The Balaban J connectivity index is 1.49. The maximum atomic E-state index is 12.7. The molecule has 1 amide bonds. The van der Waals surface area contributed by atoms with Gasteiger partial charge in [-0.05, 0) is 43.7 Å². The van der Waals surface area contributed by atoms with Crippen molar-refractivity contribution in [3.05, 3.63) is 46.5 Å². The van der Waals surface area contributed by atoms with Gasteiger partial charge >= 0.3 is 0 Å². The van der Waals surface area contributed by atoms with Crippen molar-refractivity contribution < 1.29 is 13.2 Å². The van der Waals surface area contributed by atoms with Crippen molar-refractivity contribution in [2.75, 3.05) is 26.2 Å². The summed E-state index contributed by atoms with van der Waals surface area (Å²) in [5.74, 6) is -0.255. The van der Waals surface area contributed by atoms with Gasteiger partial charge in [-0.2, -0.15) is 17.0 Å². The number of nitrogens with one attached hydrogen (secondary N) is 1. The topological polar surface area (TPSA) is 69.7 Å². The summed E-state index contributed by atoms with van der Waals surface area (Å²) in [6, 6.07) is 7.20. The van der Waals surface area contributed by atoms with Crippen molar-refractivity contribution in [1.82, 2.24) is 13.9 Å². The van der Waals surface area contributed by atoms with E-state index in [9.17, 15) is 13.2 Å². The van der Waals surface area contributed by atoms with Gasteiger partial charge in [0.15, 0.2) is 0 Å². The van der Waals surface area contributed by atoms with Crippen LogP contribution < -0.4 is 5.32 Å². The average molecular weight is 412 g/mol. The predicted octanol–water partition coefficient (Wildman–Crippen LogP) is 2.71. The van der Waals surface area contributed by atoms with Gasteiger partial charge in [0.1, 0.15) is 0 Å². The van der Waals surface area contributed by atoms with Gasteiger partial charge in [-0.1, -0.05) is 41.4 Å². The summed E-state index contributed by atoms with van der Waals surface area (Å²) >= 11 is 6.13. The first-order valence-electron chi connectivity index (χ1n) is 9.40. The highest BCUT2D eigenvalue weighted by Crippen LogP contribution is 2.23. The molecule has 2 aliphatic rings. The minimum atomic E-state index is -3.65. The second-order valence-corrected chi connectivity index (χ2v) is 9.31. The zero-order valence-electron chi connectivity index (χ0n) is 15.4. The minimum Gasteiger partial charge on any atom is -0.355 e. The summed E-state index contributed by atoms with van der Waals surface area (Å²) in [7, 11) is -3.65. The molecule has 1 aromatic carbocycles. The Morgan fingerprint density at radius 2 is 1.93 bits per heavy atom. The van der Waals surface area contributed by atoms with Crippen LogP contribution in [-0.2, 0) is 21.5 Å². The van der Waals surface area contributed by atoms with Gasteiger partial charge in [-0.25, -0.2) is 0 Å². The van der Waals surface area contributed by atoms with E-state index < -0.39 is 10.2 Å². The van der Waals surface area contributed by atoms with E-state index in [0.29, 0.717) is 24.7 Å². The molecule has 0 spiro atoms. The van der Waals surface area contributed by atoms with Crippen molar-refractivity contribution in [2.24, 2.45) is 0 Å². The molecule has 6 nitrogen and oxygen atoms in total. The van der Waals surface area contributed by atoms with E-state index in [2.05, 4.69) is 11.4 Å². The SMILES string of the molecule is O=C(CN1CCN(Cc2ccccc2Cl)S1(=O)=O)NCCC1=CCCCC1. The molecule has 0 bridgehead atoms. The average Bonchev–Trinajstić information content (AvgIpc) is 2.92. The molecule has 0 atom stereocenters. The Labute approximate surface area is 166 Å². The van der Waals surface area contributed by atoms with Crippen LogP contribution in [0.1, 0.15) is 37.7 Å². The van der Waals surface area contributed by atoms with E-state index in [1.54, 1.807) is 6.07 Å². The standard InChI is InChI=1S/C19H26ClN3O3S/c20-18-9-5-4-8-17(18)14-22-12-13-23(27(22,25)26)15-19(24)21-11-10-16-6-2-1-3-7-16/h4-6,8-9H,1-3,7,10-15H2,(H,21,24). The Morgan fingerprint density at radius 3 is 2.67 bits per heavy atom. The molecule has 8 heteroatoms. The van der Waals surface area contributed by atoms with E-state index >= 15 is 0 Å². The van der Waals surface area contributed by atoms with Crippen LogP contribution in [0.15, 0.2) is 35.9 Å². The predicted molar refractivity (Wildman–Crippen MR) is 107 cm³/mol. The minimum absolute atomic E-state index is 0.138. The molecule has 1 aliphatic heterocycles. The third kappa shape index (κ3) is 5.31. The highest BCUT2D eigenvalue weighted by molar-refractivity contribution is 7.87. The molecule has 3 rings (SSSR count). The van der Waals surface area contributed by atoms with Crippen molar-refractivity contribution in [1.29, 1.82) is 0 Å². The zero-order valence-corrected chi connectivity index (χ0v) is 16.9. The van der Waals surface area contributed by atoms with Gasteiger partial charge in [-0.3, -0.25) is 4.79 Å². The highest BCUT2D eigenvalue weighted by Gasteiger charge is 2.37. The molecule has 1 fully saturated rings. The molecule has 0 unspecified atom stereocenters. The smallest absolute Gasteiger partial charge is 0.282 e. The van der Waals surface area contributed by atoms with E-state index in [0.717, 1.165) is 24.8 Å². The fourth-order valence-electron chi connectivity index (χ4n) is 3.47. The molecule has 0 saturated carbocycles. The Bertz CT molecular complexity index is 810. The quantitative estimate of drug-likeness (QED) is 0.701. The number of benzene rings is 1. The van der Waals surface area contributed by atoms with Crippen molar-refractivity contribution in [2.45, 2.75) is 38.6 Å². The maximum Gasteiger partial charge on any atom is 0.282 e. The van der Waals surface area contributed by atoms with Crippen molar-refractivity contribution in [3.63, 3.8) is 0 Å². The molecule has 27 heavy (non-hydrogen) atoms. The van der Waals surface area contributed by atoms with E-state index in [4.69, 9.17) is 11.6 Å². The highest BCUT2D eigenvalue weighted by atomic mass is 35.5.